The maximum atomic E-state index is 11.8. The molecule has 20 heavy (non-hydrogen) atoms. The minimum absolute atomic E-state index is 0.0623. The highest BCUT2D eigenvalue weighted by Crippen LogP contribution is 2.26. The minimum Gasteiger partial charge on any atom is -0.506 e. The van der Waals surface area contributed by atoms with Crippen LogP contribution >= 0.6 is 45.2 Å². The van der Waals surface area contributed by atoms with Crippen LogP contribution in [0.2, 0.25) is 0 Å². The summed E-state index contributed by atoms with van der Waals surface area (Å²) in [4.78, 5) is 33.3. The second kappa shape index (κ2) is 7.61. The number of carboxylic acid groups (broad SMARTS) is 1. The largest absolute Gasteiger partial charge is 0.506 e. The Hall–Kier alpha value is -1.11. The SMILES string of the molecule is O=C(O)CNC(=O)CNC(=O)c1cc(I)cc(I)c1O. The molecule has 108 valence electrons. The lowest BCUT2D eigenvalue weighted by atomic mass is 10.2. The first-order chi connectivity index (χ1) is 9.31. The van der Waals surface area contributed by atoms with Crippen molar-refractivity contribution in [2.45, 2.75) is 0 Å². The van der Waals surface area contributed by atoms with E-state index in [2.05, 4.69) is 10.6 Å². The molecule has 9 heteroatoms. The third kappa shape index (κ3) is 5.11. The summed E-state index contributed by atoms with van der Waals surface area (Å²) in [5.74, 6) is -2.56. The number of hydrogen-bond donors (Lipinski definition) is 4. The van der Waals surface area contributed by atoms with Crippen molar-refractivity contribution in [1.82, 2.24) is 10.6 Å². The Morgan fingerprint density at radius 1 is 1.10 bits per heavy atom. The van der Waals surface area contributed by atoms with Gasteiger partial charge in [0, 0.05) is 3.57 Å². The number of aliphatic carboxylic acids is 1. The van der Waals surface area contributed by atoms with Crippen molar-refractivity contribution in [2.75, 3.05) is 13.1 Å². The lowest BCUT2D eigenvalue weighted by Crippen LogP contribution is -2.39. The number of nitrogens with one attached hydrogen (secondary N) is 2. The number of hydrogen-bond acceptors (Lipinski definition) is 4. The third-order valence-corrected chi connectivity index (χ3v) is 3.56. The average molecular weight is 504 g/mol. The number of benzene rings is 1. The molecule has 1 rings (SSSR count). The zero-order valence-corrected chi connectivity index (χ0v) is 14.3. The number of halogens is 2. The number of amides is 2. The molecule has 0 fully saturated rings. The third-order valence-electron chi connectivity index (χ3n) is 2.12. The fraction of sp³-hybridized carbons (Fsp3) is 0.182. The first kappa shape index (κ1) is 16.9. The Morgan fingerprint density at radius 3 is 2.35 bits per heavy atom. The van der Waals surface area contributed by atoms with Crippen LogP contribution in [0.25, 0.3) is 0 Å². The number of phenols is 1. The van der Waals surface area contributed by atoms with E-state index < -0.39 is 24.3 Å². The van der Waals surface area contributed by atoms with E-state index in [1.165, 1.54) is 6.07 Å². The van der Waals surface area contributed by atoms with Gasteiger partial charge in [-0.1, -0.05) is 0 Å². The van der Waals surface area contributed by atoms with Crippen LogP contribution in [0.3, 0.4) is 0 Å². The number of phenolic OH excluding ortho intramolecular Hbond substituents is 1. The molecule has 0 radical (unpaired) electrons. The fourth-order valence-corrected chi connectivity index (χ4v) is 3.08. The summed E-state index contributed by atoms with van der Waals surface area (Å²) >= 11 is 3.89. The van der Waals surface area contributed by atoms with E-state index in [0.29, 0.717) is 3.57 Å². The molecule has 0 saturated heterocycles. The Morgan fingerprint density at radius 2 is 1.75 bits per heavy atom. The second-order valence-corrected chi connectivity index (χ2v) is 6.04. The van der Waals surface area contributed by atoms with E-state index in [4.69, 9.17) is 5.11 Å². The number of carbonyl (C=O) groups is 3. The summed E-state index contributed by atoms with van der Waals surface area (Å²) in [6.07, 6.45) is 0. The van der Waals surface area contributed by atoms with Gasteiger partial charge in [0.15, 0.2) is 0 Å². The Labute approximate surface area is 141 Å². The van der Waals surface area contributed by atoms with Gasteiger partial charge in [-0.25, -0.2) is 0 Å². The van der Waals surface area contributed by atoms with Crippen molar-refractivity contribution in [2.24, 2.45) is 0 Å². The molecule has 0 atom stereocenters. The van der Waals surface area contributed by atoms with Crippen LogP contribution < -0.4 is 10.6 Å². The lowest BCUT2D eigenvalue weighted by Gasteiger charge is -2.08. The topological polar surface area (TPSA) is 116 Å². The van der Waals surface area contributed by atoms with Crippen molar-refractivity contribution in [1.29, 1.82) is 0 Å². The first-order valence-electron chi connectivity index (χ1n) is 5.26. The highest BCUT2D eigenvalue weighted by molar-refractivity contribution is 14.1. The molecule has 0 bridgehead atoms. The summed E-state index contributed by atoms with van der Waals surface area (Å²) in [7, 11) is 0. The molecular weight excluding hydrogens is 494 g/mol. The maximum Gasteiger partial charge on any atom is 0.322 e. The van der Waals surface area contributed by atoms with Gasteiger partial charge in [-0.2, -0.15) is 0 Å². The Balaban J connectivity index is 2.64. The summed E-state index contributed by atoms with van der Waals surface area (Å²) in [6.45, 7) is -0.880. The van der Waals surface area contributed by atoms with Crippen LogP contribution in [0.4, 0.5) is 0 Å². The molecule has 0 unspecified atom stereocenters. The van der Waals surface area contributed by atoms with Crippen LogP contribution in [-0.4, -0.2) is 41.1 Å². The van der Waals surface area contributed by atoms with E-state index in [-0.39, 0.29) is 17.9 Å². The summed E-state index contributed by atoms with van der Waals surface area (Å²) in [5.41, 5.74) is 0.0623. The molecule has 0 heterocycles. The van der Waals surface area contributed by atoms with Crippen LogP contribution in [0.5, 0.6) is 5.75 Å². The van der Waals surface area contributed by atoms with Gasteiger partial charge in [-0.05, 0) is 57.3 Å². The second-order valence-electron chi connectivity index (χ2n) is 3.64. The Bertz CT molecular complexity index is 562. The molecule has 0 aliphatic heterocycles. The van der Waals surface area contributed by atoms with Crippen molar-refractivity contribution in [3.8, 4) is 5.75 Å². The smallest absolute Gasteiger partial charge is 0.322 e. The molecule has 0 aromatic heterocycles. The van der Waals surface area contributed by atoms with Gasteiger partial charge in [-0.15, -0.1) is 0 Å². The van der Waals surface area contributed by atoms with Crippen molar-refractivity contribution < 1.29 is 24.6 Å². The van der Waals surface area contributed by atoms with E-state index in [9.17, 15) is 19.5 Å². The zero-order valence-electron chi connectivity index (χ0n) is 9.94. The van der Waals surface area contributed by atoms with Crippen molar-refractivity contribution in [3.63, 3.8) is 0 Å². The normalized spacial score (nSPS) is 9.90. The van der Waals surface area contributed by atoms with E-state index >= 15 is 0 Å². The number of rotatable bonds is 5. The quantitative estimate of drug-likeness (QED) is 0.438. The van der Waals surface area contributed by atoms with E-state index in [1.54, 1.807) is 6.07 Å². The number of carbonyl (C=O) groups excluding carboxylic acids is 2. The molecule has 7 nitrogen and oxygen atoms in total. The predicted molar refractivity (Wildman–Crippen MR) is 86.5 cm³/mol. The van der Waals surface area contributed by atoms with Crippen LogP contribution in [-0.2, 0) is 9.59 Å². The monoisotopic (exact) mass is 504 g/mol. The van der Waals surface area contributed by atoms with E-state index in [1.807, 2.05) is 45.2 Å². The predicted octanol–water partition coefficient (Wildman–Crippen LogP) is 0.532. The number of aromatic hydroxyl groups is 1. The van der Waals surface area contributed by atoms with Crippen LogP contribution in [0, 0.1) is 7.14 Å². The average Bonchev–Trinajstić information content (AvgIpc) is 2.37. The molecule has 1 aromatic rings. The molecule has 0 aliphatic carbocycles. The fourth-order valence-electron chi connectivity index (χ4n) is 1.23. The van der Waals surface area contributed by atoms with Crippen LogP contribution in [0.15, 0.2) is 12.1 Å². The molecule has 0 spiro atoms. The van der Waals surface area contributed by atoms with Gasteiger partial charge >= 0.3 is 5.97 Å². The maximum absolute atomic E-state index is 11.8. The molecule has 2 amide bonds. The molecule has 1 aromatic carbocycles. The van der Waals surface area contributed by atoms with Crippen LogP contribution in [0.1, 0.15) is 10.4 Å². The Kier molecular flexibility index (Phi) is 6.45. The molecule has 0 saturated carbocycles. The van der Waals surface area contributed by atoms with Gasteiger partial charge < -0.3 is 20.8 Å². The highest BCUT2D eigenvalue weighted by Gasteiger charge is 2.15. The van der Waals surface area contributed by atoms with Gasteiger partial charge in [0.25, 0.3) is 5.91 Å². The van der Waals surface area contributed by atoms with Gasteiger partial charge in [0.2, 0.25) is 5.91 Å². The highest BCUT2D eigenvalue weighted by atomic mass is 127. The molecule has 0 aliphatic rings. The summed E-state index contributed by atoms with van der Waals surface area (Å²) in [6, 6.07) is 3.19. The number of carboxylic acids is 1. The molecule has 4 N–H and O–H groups in total. The first-order valence-corrected chi connectivity index (χ1v) is 7.41. The zero-order chi connectivity index (χ0) is 15.3. The summed E-state index contributed by atoms with van der Waals surface area (Å²) < 4.78 is 1.29. The molecular formula is C11H10I2N2O5. The van der Waals surface area contributed by atoms with Gasteiger partial charge in [-0.3, -0.25) is 14.4 Å². The lowest BCUT2D eigenvalue weighted by molar-refractivity contribution is -0.137. The summed E-state index contributed by atoms with van der Waals surface area (Å²) in [5, 5.41) is 22.6. The standard InChI is InChI=1S/C11H10I2N2O5/c12-5-1-6(10(19)7(13)2-5)11(20)15-3-8(16)14-4-9(17)18/h1-2,19H,3-4H2,(H,14,16)(H,15,20)(H,17,18). The van der Waals surface area contributed by atoms with Crippen molar-refractivity contribution >= 4 is 63.0 Å². The van der Waals surface area contributed by atoms with E-state index in [0.717, 1.165) is 3.57 Å². The van der Waals surface area contributed by atoms with Gasteiger partial charge in [0.05, 0.1) is 15.7 Å². The van der Waals surface area contributed by atoms with Crippen molar-refractivity contribution in [3.05, 3.63) is 24.8 Å². The van der Waals surface area contributed by atoms with Gasteiger partial charge in [0.1, 0.15) is 12.3 Å². The minimum atomic E-state index is -1.17.